The van der Waals surface area contributed by atoms with Crippen LogP contribution in [0, 0.1) is 0 Å². The van der Waals surface area contributed by atoms with Gasteiger partial charge in [0.25, 0.3) is 0 Å². The molecule has 0 spiro atoms. The molecule has 0 aromatic rings. The highest BCUT2D eigenvalue weighted by atomic mass is 16.2. The van der Waals surface area contributed by atoms with Crippen molar-refractivity contribution in [3.05, 3.63) is 25.1 Å². The van der Waals surface area contributed by atoms with E-state index in [2.05, 4.69) is 40.4 Å². The molecule has 0 saturated carbocycles. The van der Waals surface area contributed by atoms with Crippen molar-refractivity contribution >= 4 is 5.91 Å². The maximum Gasteiger partial charge on any atom is 0.235 e. The number of nitrogens with zero attached hydrogens (tertiary/aromatic N) is 3. The van der Waals surface area contributed by atoms with Crippen molar-refractivity contribution in [2.24, 2.45) is 0 Å². The van der Waals surface area contributed by atoms with Gasteiger partial charge in [0.15, 0.2) is 0 Å². The molecule has 0 bridgehead atoms. The van der Waals surface area contributed by atoms with Crippen LogP contribution < -0.4 is 5.32 Å². The van der Waals surface area contributed by atoms with E-state index in [4.69, 9.17) is 0 Å². The summed E-state index contributed by atoms with van der Waals surface area (Å²) in [5.41, 5.74) is 0. The number of hydrogen-bond acceptors (Lipinski definition) is 4. The van der Waals surface area contributed by atoms with Crippen molar-refractivity contribution in [2.75, 3.05) is 39.5 Å². The number of nitrogens with one attached hydrogen (secondary N) is 1. The van der Waals surface area contributed by atoms with Crippen LogP contribution in [0.15, 0.2) is 25.1 Å². The second-order valence-corrected chi connectivity index (χ2v) is 4.31. The molecule has 1 amide bonds. The maximum atomic E-state index is 11.7. The van der Waals surface area contributed by atoms with Crippen LogP contribution >= 0.6 is 0 Å². The SMILES string of the molecule is C=CCN1C=CN(CNC(=O)CN(CC)CC)C1. The van der Waals surface area contributed by atoms with E-state index in [0.717, 1.165) is 26.3 Å². The quantitative estimate of drug-likeness (QED) is 0.643. The van der Waals surface area contributed by atoms with Gasteiger partial charge in [-0.15, -0.1) is 6.58 Å². The Morgan fingerprint density at radius 2 is 2.06 bits per heavy atom. The topological polar surface area (TPSA) is 38.8 Å². The second kappa shape index (κ2) is 7.76. The van der Waals surface area contributed by atoms with Gasteiger partial charge in [-0.05, 0) is 13.1 Å². The van der Waals surface area contributed by atoms with E-state index < -0.39 is 0 Å². The van der Waals surface area contributed by atoms with Crippen molar-refractivity contribution in [3.63, 3.8) is 0 Å². The molecule has 18 heavy (non-hydrogen) atoms. The Morgan fingerprint density at radius 3 is 2.67 bits per heavy atom. The first-order valence-corrected chi connectivity index (χ1v) is 6.46. The van der Waals surface area contributed by atoms with E-state index in [9.17, 15) is 4.79 Å². The normalized spacial score (nSPS) is 14.4. The maximum absolute atomic E-state index is 11.7. The Balaban J connectivity index is 2.20. The average molecular weight is 252 g/mol. The summed E-state index contributed by atoms with van der Waals surface area (Å²) in [6, 6.07) is 0. The summed E-state index contributed by atoms with van der Waals surface area (Å²) in [4.78, 5) is 18.0. The predicted molar refractivity (Wildman–Crippen MR) is 73.5 cm³/mol. The minimum Gasteiger partial charge on any atom is -0.355 e. The summed E-state index contributed by atoms with van der Waals surface area (Å²) >= 11 is 0. The van der Waals surface area contributed by atoms with Crippen LogP contribution in [0.5, 0.6) is 0 Å². The minimum absolute atomic E-state index is 0.0780. The third kappa shape index (κ3) is 4.79. The molecule has 1 aliphatic rings. The monoisotopic (exact) mass is 252 g/mol. The molecule has 0 aromatic carbocycles. The van der Waals surface area contributed by atoms with Crippen LogP contribution in [0.4, 0.5) is 0 Å². The zero-order valence-corrected chi connectivity index (χ0v) is 11.4. The molecule has 5 heteroatoms. The summed E-state index contributed by atoms with van der Waals surface area (Å²) in [7, 11) is 0. The number of rotatable bonds is 8. The van der Waals surface area contributed by atoms with E-state index in [1.54, 1.807) is 0 Å². The molecule has 0 aliphatic carbocycles. The van der Waals surface area contributed by atoms with E-state index in [1.165, 1.54) is 0 Å². The lowest BCUT2D eigenvalue weighted by atomic mass is 10.4. The van der Waals surface area contributed by atoms with Crippen molar-refractivity contribution in [1.82, 2.24) is 20.0 Å². The fraction of sp³-hybridized carbons (Fsp3) is 0.615. The first kappa shape index (κ1) is 14.6. The van der Waals surface area contributed by atoms with Crippen LogP contribution in [0.2, 0.25) is 0 Å². The summed E-state index contributed by atoms with van der Waals surface area (Å²) in [5.74, 6) is 0.0780. The Bertz CT molecular complexity index is 299. The third-order valence-electron chi connectivity index (χ3n) is 2.96. The Labute approximate surface area is 110 Å². The number of carbonyl (C=O) groups is 1. The van der Waals surface area contributed by atoms with Crippen LogP contribution in [-0.4, -0.2) is 60.1 Å². The molecule has 1 N–H and O–H groups in total. The fourth-order valence-corrected chi connectivity index (χ4v) is 1.80. The van der Waals surface area contributed by atoms with Crippen LogP contribution in [0.25, 0.3) is 0 Å². The molecule has 0 unspecified atom stereocenters. The van der Waals surface area contributed by atoms with Gasteiger partial charge in [0.2, 0.25) is 5.91 Å². The molecule has 0 atom stereocenters. The van der Waals surface area contributed by atoms with Gasteiger partial charge in [0, 0.05) is 18.9 Å². The van der Waals surface area contributed by atoms with Crippen LogP contribution in [-0.2, 0) is 4.79 Å². The lowest BCUT2D eigenvalue weighted by Gasteiger charge is -2.22. The van der Waals surface area contributed by atoms with E-state index >= 15 is 0 Å². The molecule has 0 aromatic heterocycles. The summed E-state index contributed by atoms with van der Waals surface area (Å²) in [6.45, 7) is 12.3. The Kier molecular flexibility index (Phi) is 6.28. The first-order valence-electron chi connectivity index (χ1n) is 6.46. The van der Waals surface area contributed by atoms with Gasteiger partial charge >= 0.3 is 0 Å². The van der Waals surface area contributed by atoms with E-state index in [0.29, 0.717) is 13.2 Å². The number of amides is 1. The summed E-state index contributed by atoms with van der Waals surface area (Å²) in [6.07, 6.45) is 5.87. The van der Waals surface area contributed by atoms with Gasteiger partial charge in [0.1, 0.15) is 0 Å². The predicted octanol–water partition coefficient (Wildman–Crippen LogP) is 0.634. The third-order valence-corrected chi connectivity index (χ3v) is 2.96. The van der Waals surface area contributed by atoms with Gasteiger partial charge in [-0.1, -0.05) is 19.9 Å². The molecular formula is C13H24N4O. The number of carbonyl (C=O) groups excluding carboxylic acids is 1. The molecule has 0 radical (unpaired) electrons. The van der Waals surface area contributed by atoms with Crippen LogP contribution in [0.1, 0.15) is 13.8 Å². The number of likely N-dealkylation sites (N-methyl/N-ethyl adjacent to an activating group) is 1. The number of hydrogen-bond donors (Lipinski definition) is 1. The van der Waals surface area contributed by atoms with E-state index in [1.807, 2.05) is 18.5 Å². The Morgan fingerprint density at radius 1 is 1.39 bits per heavy atom. The second-order valence-electron chi connectivity index (χ2n) is 4.31. The molecule has 102 valence electrons. The highest BCUT2D eigenvalue weighted by Gasteiger charge is 2.12. The van der Waals surface area contributed by atoms with E-state index in [-0.39, 0.29) is 5.91 Å². The molecule has 5 nitrogen and oxygen atoms in total. The molecule has 1 heterocycles. The summed E-state index contributed by atoms with van der Waals surface area (Å²) in [5, 5.41) is 2.93. The van der Waals surface area contributed by atoms with Crippen molar-refractivity contribution in [2.45, 2.75) is 13.8 Å². The highest BCUT2D eigenvalue weighted by molar-refractivity contribution is 5.77. The van der Waals surface area contributed by atoms with Crippen molar-refractivity contribution in [1.29, 1.82) is 0 Å². The molecule has 0 saturated heterocycles. The largest absolute Gasteiger partial charge is 0.355 e. The van der Waals surface area contributed by atoms with Gasteiger partial charge in [-0.2, -0.15) is 0 Å². The van der Waals surface area contributed by atoms with Crippen molar-refractivity contribution in [3.8, 4) is 0 Å². The standard InChI is InChI=1S/C13H24N4O/c1-4-7-16-8-9-17(12-16)11-14-13(18)10-15(5-2)6-3/h4,8-9H,1,5-7,10-12H2,2-3H3,(H,14,18). The smallest absolute Gasteiger partial charge is 0.235 e. The molecule has 0 fully saturated rings. The zero-order chi connectivity index (χ0) is 13.4. The first-order chi connectivity index (χ1) is 8.69. The Hall–Kier alpha value is -1.49. The highest BCUT2D eigenvalue weighted by Crippen LogP contribution is 2.04. The van der Waals surface area contributed by atoms with Gasteiger partial charge in [-0.25, -0.2) is 0 Å². The zero-order valence-electron chi connectivity index (χ0n) is 11.4. The molecule has 1 rings (SSSR count). The summed E-state index contributed by atoms with van der Waals surface area (Å²) < 4.78 is 0. The minimum atomic E-state index is 0.0780. The van der Waals surface area contributed by atoms with Gasteiger partial charge < -0.3 is 15.1 Å². The molecule has 1 aliphatic heterocycles. The fourth-order valence-electron chi connectivity index (χ4n) is 1.80. The van der Waals surface area contributed by atoms with Gasteiger partial charge in [0.05, 0.1) is 19.9 Å². The van der Waals surface area contributed by atoms with Gasteiger partial charge in [-0.3, -0.25) is 9.69 Å². The molecular weight excluding hydrogens is 228 g/mol. The average Bonchev–Trinajstić information content (AvgIpc) is 2.82. The lowest BCUT2D eigenvalue weighted by Crippen LogP contribution is -2.41. The lowest BCUT2D eigenvalue weighted by molar-refractivity contribution is -0.122. The van der Waals surface area contributed by atoms with Crippen LogP contribution in [0.3, 0.4) is 0 Å². The van der Waals surface area contributed by atoms with Crippen molar-refractivity contribution < 1.29 is 4.79 Å².